The lowest BCUT2D eigenvalue weighted by Gasteiger charge is -2.15. The fraction of sp³-hybridized carbons (Fsp3) is 0.263. The number of rotatable bonds is 8. The largest absolute Gasteiger partial charge is 0.493 e. The van der Waals surface area contributed by atoms with Crippen LogP contribution < -0.4 is 19.6 Å². The van der Waals surface area contributed by atoms with Gasteiger partial charge < -0.3 is 14.2 Å². The number of nitrogens with one attached hydrogen (secondary N) is 1. The molecule has 0 saturated carbocycles. The highest BCUT2D eigenvalue weighted by molar-refractivity contribution is 6.30. The van der Waals surface area contributed by atoms with Crippen molar-refractivity contribution in [1.29, 1.82) is 0 Å². The van der Waals surface area contributed by atoms with Crippen molar-refractivity contribution in [2.24, 2.45) is 5.10 Å². The Morgan fingerprint density at radius 3 is 2.62 bits per heavy atom. The number of nitrogens with zero attached hydrogens (tertiary/aromatic N) is 1. The van der Waals surface area contributed by atoms with Crippen LogP contribution >= 0.6 is 11.6 Å². The van der Waals surface area contributed by atoms with E-state index in [1.54, 1.807) is 37.4 Å². The van der Waals surface area contributed by atoms with E-state index in [-0.39, 0.29) is 18.6 Å². The van der Waals surface area contributed by atoms with Gasteiger partial charge >= 0.3 is 0 Å². The van der Waals surface area contributed by atoms with Crippen LogP contribution in [0.5, 0.6) is 17.2 Å². The van der Waals surface area contributed by atoms with Gasteiger partial charge in [-0.2, -0.15) is 5.10 Å². The van der Waals surface area contributed by atoms with Crippen LogP contribution in [0.2, 0.25) is 5.02 Å². The molecule has 2 rings (SSSR count). The highest BCUT2D eigenvalue weighted by atomic mass is 35.5. The Kier molecular flexibility index (Phi) is 7.29. The highest BCUT2D eigenvalue weighted by Gasteiger charge is 2.11. The standard InChI is InChI=1S/C19H21ClN2O4/c1-13(2)26-19-14(5-4-6-17(19)24-3)11-21-22-18(23)12-25-16-9-7-15(20)8-10-16/h4-11,13H,12H2,1-3H3,(H,22,23)/b21-11-. The van der Waals surface area contributed by atoms with Gasteiger partial charge in [0, 0.05) is 10.6 Å². The van der Waals surface area contributed by atoms with E-state index in [0.29, 0.717) is 27.8 Å². The Labute approximate surface area is 157 Å². The number of hydrogen-bond acceptors (Lipinski definition) is 5. The third-order valence-corrected chi connectivity index (χ3v) is 3.41. The van der Waals surface area contributed by atoms with E-state index in [0.717, 1.165) is 0 Å². The second-order valence-electron chi connectivity index (χ2n) is 5.58. The Balaban J connectivity index is 1.94. The van der Waals surface area contributed by atoms with Gasteiger partial charge in [-0.05, 0) is 50.2 Å². The normalized spacial score (nSPS) is 10.8. The molecule has 0 aromatic heterocycles. The Bertz CT molecular complexity index is 761. The Morgan fingerprint density at radius 2 is 1.96 bits per heavy atom. The number of para-hydroxylation sites is 1. The lowest BCUT2D eigenvalue weighted by molar-refractivity contribution is -0.123. The quantitative estimate of drug-likeness (QED) is 0.563. The lowest BCUT2D eigenvalue weighted by Crippen LogP contribution is -2.24. The summed E-state index contributed by atoms with van der Waals surface area (Å²) in [7, 11) is 1.57. The summed E-state index contributed by atoms with van der Waals surface area (Å²) in [6.45, 7) is 3.68. The van der Waals surface area contributed by atoms with Gasteiger partial charge in [0.2, 0.25) is 0 Å². The fourth-order valence-electron chi connectivity index (χ4n) is 2.04. The van der Waals surface area contributed by atoms with Crippen LogP contribution in [0.25, 0.3) is 0 Å². The first kappa shape index (κ1) is 19.6. The maximum absolute atomic E-state index is 11.8. The molecule has 0 saturated heterocycles. The van der Waals surface area contributed by atoms with E-state index in [4.69, 9.17) is 25.8 Å². The Hall–Kier alpha value is -2.73. The van der Waals surface area contributed by atoms with Gasteiger partial charge in [-0.1, -0.05) is 17.7 Å². The van der Waals surface area contributed by atoms with Crippen LogP contribution in [-0.4, -0.2) is 31.9 Å². The number of methoxy groups -OCH3 is 1. The summed E-state index contributed by atoms with van der Waals surface area (Å²) in [6.07, 6.45) is 1.47. The predicted molar refractivity (Wildman–Crippen MR) is 101 cm³/mol. The third-order valence-electron chi connectivity index (χ3n) is 3.16. The molecule has 0 heterocycles. The maximum atomic E-state index is 11.8. The second kappa shape index (κ2) is 9.68. The summed E-state index contributed by atoms with van der Waals surface area (Å²) in [5, 5.41) is 4.55. The molecule has 0 radical (unpaired) electrons. The Morgan fingerprint density at radius 1 is 1.23 bits per heavy atom. The van der Waals surface area contributed by atoms with Gasteiger partial charge in [0.25, 0.3) is 5.91 Å². The summed E-state index contributed by atoms with van der Waals surface area (Å²) in [6, 6.07) is 12.2. The van der Waals surface area contributed by atoms with Gasteiger partial charge in [0.15, 0.2) is 18.1 Å². The first-order valence-corrected chi connectivity index (χ1v) is 8.41. The summed E-state index contributed by atoms with van der Waals surface area (Å²) >= 11 is 5.79. The molecule has 26 heavy (non-hydrogen) atoms. The van der Waals surface area contributed by atoms with Gasteiger partial charge in [-0.3, -0.25) is 4.79 Å². The molecule has 0 atom stereocenters. The van der Waals surface area contributed by atoms with Gasteiger partial charge in [-0.25, -0.2) is 5.43 Å². The molecule has 0 unspecified atom stereocenters. The fourth-order valence-corrected chi connectivity index (χ4v) is 2.17. The van der Waals surface area contributed by atoms with Crippen LogP contribution in [0.3, 0.4) is 0 Å². The number of carbonyl (C=O) groups is 1. The van der Waals surface area contributed by atoms with Gasteiger partial charge in [0.1, 0.15) is 5.75 Å². The van der Waals surface area contributed by atoms with Gasteiger partial charge in [0.05, 0.1) is 19.4 Å². The molecule has 138 valence electrons. The van der Waals surface area contributed by atoms with Crippen molar-refractivity contribution in [3.8, 4) is 17.2 Å². The molecule has 1 N–H and O–H groups in total. The molecule has 2 aromatic rings. The zero-order valence-electron chi connectivity index (χ0n) is 14.9. The van der Waals surface area contributed by atoms with E-state index < -0.39 is 0 Å². The number of halogens is 1. The average molecular weight is 377 g/mol. The molecule has 0 aliphatic carbocycles. The van der Waals surface area contributed by atoms with Crippen molar-refractivity contribution in [1.82, 2.24) is 5.43 Å². The van der Waals surface area contributed by atoms with Crippen LogP contribution in [-0.2, 0) is 4.79 Å². The van der Waals surface area contributed by atoms with Crippen LogP contribution in [0.1, 0.15) is 19.4 Å². The minimum atomic E-state index is -0.384. The zero-order chi connectivity index (χ0) is 18.9. The SMILES string of the molecule is COc1cccc(/C=N\NC(=O)COc2ccc(Cl)cc2)c1OC(C)C. The van der Waals surface area contributed by atoms with Gasteiger partial charge in [-0.15, -0.1) is 0 Å². The smallest absolute Gasteiger partial charge is 0.277 e. The summed E-state index contributed by atoms with van der Waals surface area (Å²) < 4.78 is 16.4. The maximum Gasteiger partial charge on any atom is 0.277 e. The van der Waals surface area contributed by atoms with Crippen molar-refractivity contribution < 1.29 is 19.0 Å². The number of hydrogen-bond donors (Lipinski definition) is 1. The monoisotopic (exact) mass is 376 g/mol. The first-order chi connectivity index (χ1) is 12.5. The second-order valence-corrected chi connectivity index (χ2v) is 6.02. The molecule has 0 spiro atoms. The number of hydrazone groups is 1. The summed E-state index contributed by atoms with van der Waals surface area (Å²) in [5.74, 6) is 1.33. The molecule has 0 bridgehead atoms. The van der Waals surface area contributed by atoms with E-state index in [1.165, 1.54) is 6.21 Å². The number of amides is 1. The first-order valence-electron chi connectivity index (χ1n) is 8.03. The topological polar surface area (TPSA) is 69.2 Å². The van der Waals surface area contributed by atoms with E-state index in [1.807, 2.05) is 26.0 Å². The van der Waals surface area contributed by atoms with Crippen molar-refractivity contribution in [2.75, 3.05) is 13.7 Å². The minimum absolute atomic E-state index is 0.0270. The third kappa shape index (κ3) is 5.97. The van der Waals surface area contributed by atoms with Crippen molar-refractivity contribution in [3.63, 3.8) is 0 Å². The molecular weight excluding hydrogens is 356 g/mol. The molecule has 7 heteroatoms. The van der Waals surface area contributed by atoms with Crippen molar-refractivity contribution in [2.45, 2.75) is 20.0 Å². The molecule has 0 aliphatic rings. The predicted octanol–water partition coefficient (Wildman–Crippen LogP) is 3.66. The zero-order valence-corrected chi connectivity index (χ0v) is 15.6. The average Bonchev–Trinajstić information content (AvgIpc) is 2.62. The van der Waals surface area contributed by atoms with Crippen LogP contribution in [0.15, 0.2) is 47.6 Å². The lowest BCUT2D eigenvalue weighted by atomic mass is 10.2. The summed E-state index contributed by atoms with van der Waals surface area (Å²) in [4.78, 5) is 11.8. The molecule has 2 aromatic carbocycles. The van der Waals surface area contributed by atoms with Crippen LogP contribution in [0.4, 0.5) is 0 Å². The van der Waals surface area contributed by atoms with E-state index in [2.05, 4.69) is 10.5 Å². The number of carbonyl (C=O) groups excluding carboxylic acids is 1. The molecule has 1 amide bonds. The number of ether oxygens (including phenoxy) is 3. The van der Waals surface area contributed by atoms with Crippen molar-refractivity contribution >= 4 is 23.7 Å². The summed E-state index contributed by atoms with van der Waals surface area (Å²) in [5.41, 5.74) is 3.11. The van der Waals surface area contributed by atoms with Crippen LogP contribution in [0, 0.1) is 0 Å². The highest BCUT2D eigenvalue weighted by Crippen LogP contribution is 2.30. The molecule has 6 nitrogen and oxygen atoms in total. The molecular formula is C19H21ClN2O4. The van der Waals surface area contributed by atoms with Crippen molar-refractivity contribution in [3.05, 3.63) is 53.1 Å². The molecule has 0 fully saturated rings. The number of benzene rings is 2. The van der Waals surface area contributed by atoms with E-state index in [9.17, 15) is 4.79 Å². The minimum Gasteiger partial charge on any atom is -0.493 e. The molecule has 0 aliphatic heterocycles. The van der Waals surface area contributed by atoms with E-state index >= 15 is 0 Å².